The van der Waals surface area contributed by atoms with Crippen LogP contribution in [0.25, 0.3) is 0 Å². The Hall–Kier alpha value is -1.75. The van der Waals surface area contributed by atoms with E-state index in [1.165, 1.54) is 12.8 Å². The summed E-state index contributed by atoms with van der Waals surface area (Å²) in [6.45, 7) is 8.16. The minimum atomic E-state index is -0.153. The number of urea groups is 1. The normalized spacial score (nSPS) is 15.2. The van der Waals surface area contributed by atoms with Gasteiger partial charge in [0.05, 0.1) is 12.1 Å². The molecule has 0 saturated heterocycles. The van der Waals surface area contributed by atoms with Gasteiger partial charge in [-0.25, -0.2) is 4.79 Å². The van der Waals surface area contributed by atoms with Crippen LogP contribution in [-0.4, -0.2) is 31.9 Å². The quantitative estimate of drug-likeness (QED) is 0.642. The van der Waals surface area contributed by atoms with Crippen LogP contribution in [0.1, 0.15) is 51.6 Å². The second-order valence-electron chi connectivity index (χ2n) is 6.73. The van der Waals surface area contributed by atoms with E-state index in [0.717, 1.165) is 30.3 Å². The summed E-state index contributed by atoms with van der Waals surface area (Å²) >= 11 is 0. The molecule has 1 aromatic rings. The lowest BCUT2D eigenvalue weighted by molar-refractivity contribution is 0.122. The van der Waals surface area contributed by atoms with Gasteiger partial charge in [0, 0.05) is 19.8 Å². The molecule has 5 nitrogen and oxygen atoms in total. The van der Waals surface area contributed by atoms with Crippen molar-refractivity contribution in [2.24, 2.45) is 5.92 Å². The van der Waals surface area contributed by atoms with Gasteiger partial charge in [-0.1, -0.05) is 12.1 Å². The molecule has 2 amide bonds. The van der Waals surface area contributed by atoms with Crippen LogP contribution in [0.3, 0.4) is 0 Å². The highest BCUT2D eigenvalue weighted by atomic mass is 16.5. The Labute approximate surface area is 145 Å². The first kappa shape index (κ1) is 18.6. The van der Waals surface area contributed by atoms with Crippen molar-refractivity contribution < 1.29 is 14.3 Å². The Balaban J connectivity index is 1.64. The van der Waals surface area contributed by atoms with E-state index in [1.807, 2.05) is 45.0 Å². The minimum absolute atomic E-state index is 0.0770. The van der Waals surface area contributed by atoms with Crippen LogP contribution >= 0.6 is 0 Å². The molecule has 1 unspecified atom stereocenters. The van der Waals surface area contributed by atoms with Crippen molar-refractivity contribution in [2.45, 2.75) is 52.2 Å². The Morgan fingerprint density at radius 2 is 2.08 bits per heavy atom. The van der Waals surface area contributed by atoms with Crippen LogP contribution in [0.4, 0.5) is 4.79 Å². The maximum atomic E-state index is 11.9. The number of ether oxygens (including phenoxy) is 2. The lowest BCUT2D eigenvalue weighted by Gasteiger charge is -2.17. The lowest BCUT2D eigenvalue weighted by atomic mass is 10.1. The number of rotatable bonds is 10. The highest BCUT2D eigenvalue weighted by molar-refractivity contribution is 5.74. The molecule has 0 heterocycles. The van der Waals surface area contributed by atoms with E-state index in [9.17, 15) is 4.79 Å². The molecule has 1 saturated carbocycles. The van der Waals surface area contributed by atoms with Crippen LogP contribution in [0.2, 0.25) is 0 Å². The Morgan fingerprint density at radius 1 is 1.29 bits per heavy atom. The number of nitrogens with one attached hydrogen (secondary N) is 2. The van der Waals surface area contributed by atoms with Crippen molar-refractivity contribution in [3.63, 3.8) is 0 Å². The molecule has 0 aliphatic heterocycles. The van der Waals surface area contributed by atoms with E-state index in [2.05, 4.69) is 10.6 Å². The first-order valence-corrected chi connectivity index (χ1v) is 8.93. The molecule has 134 valence electrons. The van der Waals surface area contributed by atoms with Gasteiger partial charge >= 0.3 is 6.03 Å². The van der Waals surface area contributed by atoms with E-state index >= 15 is 0 Å². The van der Waals surface area contributed by atoms with Gasteiger partial charge in [0.1, 0.15) is 5.75 Å². The summed E-state index contributed by atoms with van der Waals surface area (Å²) in [4.78, 5) is 11.9. The molecule has 2 rings (SSSR count). The second-order valence-corrected chi connectivity index (χ2v) is 6.73. The molecule has 1 aromatic carbocycles. The number of carbonyl (C=O) groups is 1. The smallest absolute Gasteiger partial charge is 0.315 e. The molecule has 5 heteroatoms. The number of hydrogen-bond donors (Lipinski definition) is 2. The third-order valence-corrected chi connectivity index (χ3v) is 3.88. The third kappa shape index (κ3) is 7.21. The largest absolute Gasteiger partial charge is 0.491 e. The molecule has 0 radical (unpaired) electrons. The molecule has 1 atom stereocenters. The van der Waals surface area contributed by atoms with E-state index in [4.69, 9.17) is 9.47 Å². The Kier molecular flexibility index (Phi) is 7.37. The predicted molar refractivity (Wildman–Crippen MR) is 95.3 cm³/mol. The fourth-order valence-corrected chi connectivity index (χ4v) is 2.37. The molecule has 1 fully saturated rings. The van der Waals surface area contributed by atoms with Crippen molar-refractivity contribution in [1.82, 2.24) is 10.6 Å². The van der Waals surface area contributed by atoms with Crippen molar-refractivity contribution in [2.75, 3.05) is 19.8 Å². The van der Waals surface area contributed by atoms with Crippen molar-refractivity contribution in [1.29, 1.82) is 0 Å². The minimum Gasteiger partial charge on any atom is -0.491 e. The number of carbonyl (C=O) groups excluding carboxylic acids is 1. The van der Waals surface area contributed by atoms with Crippen molar-refractivity contribution in [3.8, 4) is 5.75 Å². The zero-order chi connectivity index (χ0) is 17.4. The topological polar surface area (TPSA) is 59.6 Å². The van der Waals surface area contributed by atoms with Crippen LogP contribution in [0.5, 0.6) is 5.75 Å². The summed E-state index contributed by atoms with van der Waals surface area (Å²) in [6.07, 6.45) is 3.59. The van der Waals surface area contributed by atoms with E-state index < -0.39 is 0 Å². The average molecular weight is 334 g/mol. The fraction of sp³-hybridized carbons (Fsp3) is 0.632. The first-order chi connectivity index (χ1) is 11.5. The van der Waals surface area contributed by atoms with Gasteiger partial charge in [-0.3, -0.25) is 0 Å². The summed E-state index contributed by atoms with van der Waals surface area (Å²) in [5.74, 6) is 1.61. The fourth-order valence-electron chi connectivity index (χ4n) is 2.37. The van der Waals surface area contributed by atoms with Gasteiger partial charge in [0.15, 0.2) is 0 Å². The highest BCUT2D eigenvalue weighted by Gasteiger charge is 2.20. The highest BCUT2D eigenvalue weighted by Crippen LogP contribution is 2.28. The predicted octanol–water partition coefficient (Wildman–Crippen LogP) is 3.65. The van der Waals surface area contributed by atoms with Gasteiger partial charge < -0.3 is 20.1 Å². The van der Waals surface area contributed by atoms with E-state index in [0.29, 0.717) is 13.2 Å². The molecule has 1 aliphatic carbocycles. The Morgan fingerprint density at radius 3 is 2.79 bits per heavy atom. The zero-order valence-corrected chi connectivity index (χ0v) is 15.0. The van der Waals surface area contributed by atoms with Gasteiger partial charge in [0.25, 0.3) is 0 Å². The van der Waals surface area contributed by atoms with Crippen LogP contribution < -0.4 is 15.4 Å². The maximum Gasteiger partial charge on any atom is 0.315 e. The lowest BCUT2D eigenvalue weighted by Crippen LogP contribution is -2.37. The summed E-state index contributed by atoms with van der Waals surface area (Å²) in [5, 5.41) is 5.82. The summed E-state index contributed by atoms with van der Waals surface area (Å²) in [7, 11) is 0. The van der Waals surface area contributed by atoms with Crippen molar-refractivity contribution >= 4 is 6.03 Å². The van der Waals surface area contributed by atoms with Gasteiger partial charge in [-0.2, -0.15) is 0 Å². The van der Waals surface area contributed by atoms with Gasteiger partial charge in [-0.05, 0) is 63.6 Å². The molecular formula is C19H30N2O3. The number of amides is 2. The van der Waals surface area contributed by atoms with Crippen LogP contribution in [0, 0.1) is 5.92 Å². The standard InChI is InChI=1S/C19H30N2O3/c1-14(2)24-18-7-4-6-17(12-18)15(3)21-19(22)20-10-5-11-23-13-16-8-9-16/h4,6-7,12,14-16H,5,8-11,13H2,1-3H3,(H2,20,21,22). The van der Waals surface area contributed by atoms with Gasteiger partial charge in [-0.15, -0.1) is 0 Å². The van der Waals surface area contributed by atoms with E-state index in [-0.39, 0.29) is 18.2 Å². The summed E-state index contributed by atoms with van der Waals surface area (Å²) in [6, 6.07) is 7.60. The van der Waals surface area contributed by atoms with Crippen LogP contribution in [0.15, 0.2) is 24.3 Å². The molecule has 24 heavy (non-hydrogen) atoms. The monoisotopic (exact) mass is 334 g/mol. The third-order valence-electron chi connectivity index (χ3n) is 3.88. The number of benzene rings is 1. The van der Waals surface area contributed by atoms with Crippen LogP contribution in [-0.2, 0) is 4.74 Å². The van der Waals surface area contributed by atoms with Crippen molar-refractivity contribution in [3.05, 3.63) is 29.8 Å². The summed E-state index contributed by atoms with van der Waals surface area (Å²) in [5.41, 5.74) is 1.02. The molecule has 1 aliphatic rings. The summed E-state index contributed by atoms with van der Waals surface area (Å²) < 4.78 is 11.2. The second kappa shape index (κ2) is 9.52. The Bertz CT molecular complexity index is 515. The maximum absolute atomic E-state index is 11.9. The zero-order valence-electron chi connectivity index (χ0n) is 15.0. The molecule has 0 aromatic heterocycles. The average Bonchev–Trinajstić information content (AvgIpc) is 3.34. The number of hydrogen-bond acceptors (Lipinski definition) is 3. The molecule has 0 bridgehead atoms. The molecular weight excluding hydrogens is 304 g/mol. The first-order valence-electron chi connectivity index (χ1n) is 8.93. The molecule has 2 N–H and O–H groups in total. The SMILES string of the molecule is CC(C)Oc1cccc(C(C)NC(=O)NCCCOCC2CC2)c1. The molecule has 0 spiro atoms. The van der Waals surface area contributed by atoms with E-state index in [1.54, 1.807) is 0 Å². The van der Waals surface area contributed by atoms with Gasteiger partial charge in [0.2, 0.25) is 0 Å².